The summed E-state index contributed by atoms with van der Waals surface area (Å²) in [6.45, 7) is 0. The van der Waals surface area contributed by atoms with Gasteiger partial charge in [0.25, 0.3) is 0 Å². The van der Waals surface area contributed by atoms with E-state index in [1.807, 2.05) is 0 Å². The predicted molar refractivity (Wildman–Crippen MR) is 120 cm³/mol. The highest BCUT2D eigenvalue weighted by Crippen LogP contribution is 2.43. The minimum atomic E-state index is 1.13. The minimum Gasteiger partial charge on any atom is -0.0622 e. The van der Waals surface area contributed by atoms with Crippen molar-refractivity contribution >= 4 is 37.5 Å². The van der Waals surface area contributed by atoms with Gasteiger partial charge in [0.15, 0.2) is 0 Å². The molecule has 0 fully saturated rings. The minimum absolute atomic E-state index is 1.13. The fourth-order valence-corrected chi connectivity index (χ4v) is 4.46. The van der Waals surface area contributed by atoms with Crippen molar-refractivity contribution in [3.63, 3.8) is 0 Å². The molecule has 0 nitrogen and oxygen atoms in total. The Labute approximate surface area is 167 Å². The van der Waals surface area contributed by atoms with Crippen LogP contribution in [0, 0.1) is 0 Å². The molecule has 0 aromatic heterocycles. The molecular formula is C26H17Br. The first-order chi connectivity index (χ1) is 13.3. The molecule has 0 aliphatic rings. The van der Waals surface area contributed by atoms with E-state index in [-0.39, 0.29) is 0 Å². The Morgan fingerprint density at radius 2 is 1.15 bits per heavy atom. The zero-order valence-corrected chi connectivity index (χ0v) is 16.3. The van der Waals surface area contributed by atoms with Gasteiger partial charge in [0.1, 0.15) is 0 Å². The second-order valence-electron chi connectivity index (χ2n) is 6.72. The molecule has 0 radical (unpaired) electrons. The summed E-state index contributed by atoms with van der Waals surface area (Å²) in [7, 11) is 0. The van der Waals surface area contributed by atoms with E-state index in [0.717, 1.165) is 4.47 Å². The number of hydrogen-bond donors (Lipinski definition) is 0. The van der Waals surface area contributed by atoms with Gasteiger partial charge in [-0.3, -0.25) is 0 Å². The van der Waals surface area contributed by atoms with Gasteiger partial charge in [0.05, 0.1) is 0 Å². The van der Waals surface area contributed by atoms with Crippen molar-refractivity contribution in [2.24, 2.45) is 0 Å². The molecule has 5 aromatic carbocycles. The molecule has 0 amide bonds. The molecule has 5 aromatic rings. The lowest BCUT2D eigenvalue weighted by molar-refractivity contribution is 1.63. The SMILES string of the molecule is Brc1ccc(-c2ccccc2)c2cc3ccccc3c(-c3ccccc3)c12. The quantitative estimate of drug-likeness (QED) is 0.259. The fraction of sp³-hybridized carbons (Fsp3) is 0. The van der Waals surface area contributed by atoms with Crippen molar-refractivity contribution < 1.29 is 0 Å². The van der Waals surface area contributed by atoms with Crippen LogP contribution in [0.1, 0.15) is 0 Å². The summed E-state index contributed by atoms with van der Waals surface area (Å²) in [5, 5.41) is 5.08. The van der Waals surface area contributed by atoms with Gasteiger partial charge in [-0.2, -0.15) is 0 Å². The van der Waals surface area contributed by atoms with E-state index in [1.165, 1.54) is 43.8 Å². The normalized spacial score (nSPS) is 11.1. The Bertz CT molecular complexity index is 1260. The lowest BCUT2D eigenvalue weighted by Gasteiger charge is -2.16. The Morgan fingerprint density at radius 3 is 1.89 bits per heavy atom. The van der Waals surface area contributed by atoms with E-state index in [2.05, 4.69) is 119 Å². The smallest absolute Gasteiger partial charge is 0.0260 e. The van der Waals surface area contributed by atoms with E-state index in [0.29, 0.717) is 0 Å². The molecule has 5 rings (SSSR count). The number of benzene rings is 5. The average Bonchev–Trinajstić information content (AvgIpc) is 2.74. The fourth-order valence-electron chi connectivity index (χ4n) is 3.91. The van der Waals surface area contributed by atoms with Crippen LogP contribution in [-0.4, -0.2) is 0 Å². The summed E-state index contributed by atoms with van der Waals surface area (Å²) in [5.74, 6) is 0. The van der Waals surface area contributed by atoms with Crippen molar-refractivity contribution in [2.45, 2.75) is 0 Å². The van der Waals surface area contributed by atoms with Crippen LogP contribution in [0.25, 0.3) is 43.8 Å². The maximum atomic E-state index is 3.84. The summed E-state index contributed by atoms with van der Waals surface area (Å²) in [6.07, 6.45) is 0. The molecule has 0 atom stereocenters. The van der Waals surface area contributed by atoms with Crippen molar-refractivity contribution in [1.29, 1.82) is 0 Å². The van der Waals surface area contributed by atoms with Crippen molar-refractivity contribution in [1.82, 2.24) is 0 Å². The summed E-state index contributed by atoms with van der Waals surface area (Å²) in [6, 6.07) is 36.7. The molecule has 0 spiro atoms. The highest BCUT2D eigenvalue weighted by atomic mass is 79.9. The molecule has 0 aliphatic heterocycles. The molecule has 0 N–H and O–H groups in total. The Hall–Kier alpha value is -2.90. The van der Waals surface area contributed by atoms with Gasteiger partial charge in [0.2, 0.25) is 0 Å². The number of halogens is 1. The third-order valence-corrected chi connectivity index (χ3v) is 5.78. The van der Waals surface area contributed by atoms with Crippen molar-refractivity contribution in [3.05, 3.63) is 108 Å². The van der Waals surface area contributed by atoms with Crippen LogP contribution in [0.4, 0.5) is 0 Å². The predicted octanol–water partition coefficient (Wildman–Crippen LogP) is 8.09. The Kier molecular flexibility index (Phi) is 4.03. The largest absolute Gasteiger partial charge is 0.0622 e. The van der Waals surface area contributed by atoms with Gasteiger partial charge in [-0.25, -0.2) is 0 Å². The standard InChI is InChI=1S/C26H17Br/c27-24-16-15-21(18-9-3-1-4-10-18)23-17-20-13-7-8-14-22(20)25(26(23)24)19-11-5-2-6-12-19/h1-17H. The monoisotopic (exact) mass is 408 g/mol. The van der Waals surface area contributed by atoms with E-state index < -0.39 is 0 Å². The molecule has 27 heavy (non-hydrogen) atoms. The molecule has 0 aliphatic carbocycles. The van der Waals surface area contributed by atoms with Crippen LogP contribution in [0.15, 0.2) is 108 Å². The first kappa shape index (κ1) is 16.3. The zero-order chi connectivity index (χ0) is 18.2. The summed E-state index contributed by atoms with van der Waals surface area (Å²) >= 11 is 3.84. The molecule has 0 bridgehead atoms. The molecule has 0 saturated heterocycles. The van der Waals surface area contributed by atoms with Gasteiger partial charge in [-0.05, 0) is 50.5 Å². The second-order valence-corrected chi connectivity index (χ2v) is 7.58. The molecular weight excluding hydrogens is 392 g/mol. The van der Waals surface area contributed by atoms with Gasteiger partial charge >= 0.3 is 0 Å². The molecule has 0 saturated carbocycles. The summed E-state index contributed by atoms with van der Waals surface area (Å²) in [5.41, 5.74) is 5.03. The molecule has 1 heteroatoms. The Morgan fingerprint density at radius 1 is 0.519 bits per heavy atom. The zero-order valence-electron chi connectivity index (χ0n) is 14.7. The number of fused-ring (bicyclic) bond motifs is 2. The third kappa shape index (κ3) is 2.75. The van der Waals surface area contributed by atoms with Crippen LogP contribution in [0.3, 0.4) is 0 Å². The van der Waals surface area contributed by atoms with Gasteiger partial charge in [-0.15, -0.1) is 0 Å². The van der Waals surface area contributed by atoms with E-state index >= 15 is 0 Å². The van der Waals surface area contributed by atoms with Gasteiger partial charge in [0, 0.05) is 9.86 Å². The number of rotatable bonds is 2. The van der Waals surface area contributed by atoms with Crippen LogP contribution < -0.4 is 0 Å². The highest BCUT2D eigenvalue weighted by molar-refractivity contribution is 9.10. The van der Waals surface area contributed by atoms with Crippen LogP contribution in [0.2, 0.25) is 0 Å². The van der Waals surface area contributed by atoms with E-state index in [4.69, 9.17) is 0 Å². The number of hydrogen-bond acceptors (Lipinski definition) is 0. The van der Waals surface area contributed by atoms with Crippen LogP contribution in [0.5, 0.6) is 0 Å². The van der Waals surface area contributed by atoms with E-state index in [9.17, 15) is 0 Å². The van der Waals surface area contributed by atoms with Crippen LogP contribution in [-0.2, 0) is 0 Å². The topological polar surface area (TPSA) is 0 Å². The lowest BCUT2D eigenvalue weighted by Crippen LogP contribution is -1.89. The first-order valence-electron chi connectivity index (χ1n) is 9.08. The van der Waals surface area contributed by atoms with Crippen LogP contribution >= 0.6 is 15.9 Å². The average molecular weight is 409 g/mol. The summed E-state index contributed by atoms with van der Waals surface area (Å²) in [4.78, 5) is 0. The lowest BCUT2D eigenvalue weighted by atomic mass is 9.89. The molecule has 0 unspecified atom stereocenters. The third-order valence-electron chi connectivity index (χ3n) is 5.12. The first-order valence-corrected chi connectivity index (χ1v) is 9.87. The highest BCUT2D eigenvalue weighted by Gasteiger charge is 2.15. The van der Waals surface area contributed by atoms with Crippen molar-refractivity contribution in [3.8, 4) is 22.3 Å². The summed E-state index contributed by atoms with van der Waals surface area (Å²) < 4.78 is 1.13. The maximum Gasteiger partial charge on any atom is 0.0260 e. The van der Waals surface area contributed by atoms with Gasteiger partial charge < -0.3 is 0 Å². The van der Waals surface area contributed by atoms with E-state index in [1.54, 1.807) is 0 Å². The maximum absolute atomic E-state index is 3.84. The molecule has 0 heterocycles. The van der Waals surface area contributed by atoms with Gasteiger partial charge in [-0.1, -0.05) is 107 Å². The Balaban J connectivity index is 1.99. The van der Waals surface area contributed by atoms with Crippen molar-refractivity contribution in [2.75, 3.05) is 0 Å². The molecule has 128 valence electrons. The second kappa shape index (κ2) is 6.68.